The van der Waals surface area contributed by atoms with Crippen molar-refractivity contribution in [1.82, 2.24) is 9.29 Å². The summed E-state index contributed by atoms with van der Waals surface area (Å²) in [5.41, 5.74) is 6.11. The van der Waals surface area contributed by atoms with Gasteiger partial charge < -0.3 is 5.73 Å². The second kappa shape index (κ2) is 5.14. The van der Waals surface area contributed by atoms with Gasteiger partial charge in [-0.05, 0) is 26.2 Å². The minimum atomic E-state index is -3.41. The fourth-order valence-electron chi connectivity index (χ4n) is 1.92. The normalized spacial score (nSPS) is 16.4. The number of rotatable bonds is 6. The van der Waals surface area contributed by atoms with E-state index < -0.39 is 10.0 Å². The summed E-state index contributed by atoms with van der Waals surface area (Å²) in [7, 11) is -3.41. The molecule has 1 aromatic rings. The average Bonchev–Trinajstić information content (AvgIpc) is 3.04. The first-order valence-electron chi connectivity index (χ1n) is 6.21. The minimum Gasteiger partial charge on any atom is -0.375 e. The molecule has 0 aliphatic heterocycles. The molecule has 1 aliphatic carbocycles. The summed E-state index contributed by atoms with van der Waals surface area (Å²) in [6.45, 7) is 4.36. The largest absolute Gasteiger partial charge is 0.375 e. The molecule has 0 atom stereocenters. The second-order valence-electron chi connectivity index (χ2n) is 4.63. The molecule has 102 valence electrons. The van der Waals surface area contributed by atoms with Gasteiger partial charge in [0.05, 0.1) is 5.69 Å². The summed E-state index contributed by atoms with van der Waals surface area (Å²) in [5.74, 6) is 0. The molecular weight excluding hydrogens is 270 g/mol. The van der Waals surface area contributed by atoms with E-state index in [1.807, 2.05) is 0 Å². The topological polar surface area (TPSA) is 76.3 Å². The van der Waals surface area contributed by atoms with Crippen molar-refractivity contribution in [3.05, 3.63) is 5.69 Å². The van der Waals surface area contributed by atoms with E-state index in [2.05, 4.69) is 11.9 Å². The van der Waals surface area contributed by atoms with E-state index in [0.717, 1.165) is 37.0 Å². The number of hydrogen-bond donors (Lipinski definition) is 1. The Kier molecular flexibility index (Phi) is 3.93. The summed E-state index contributed by atoms with van der Waals surface area (Å²) >= 11 is 1.07. The van der Waals surface area contributed by atoms with Gasteiger partial charge in [-0.3, -0.25) is 0 Å². The lowest BCUT2D eigenvalue weighted by Gasteiger charge is -2.20. The predicted molar refractivity (Wildman–Crippen MR) is 73.1 cm³/mol. The molecule has 1 heterocycles. The highest BCUT2D eigenvalue weighted by molar-refractivity contribution is 7.91. The summed E-state index contributed by atoms with van der Waals surface area (Å²) in [5, 5.41) is 0.317. The summed E-state index contributed by atoms with van der Waals surface area (Å²) in [4.78, 5) is 4.01. The van der Waals surface area contributed by atoms with E-state index in [4.69, 9.17) is 5.73 Å². The van der Waals surface area contributed by atoms with Crippen LogP contribution in [-0.2, 0) is 10.0 Å². The van der Waals surface area contributed by atoms with Crippen LogP contribution in [-0.4, -0.2) is 30.3 Å². The molecule has 0 radical (unpaired) electrons. The monoisotopic (exact) mass is 289 g/mol. The Bertz CT molecular complexity index is 520. The first kappa shape index (κ1) is 13.8. The molecule has 2 rings (SSSR count). The third kappa shape index (κ3) is 2.67. The van der Waals surface area contributed by atoms with Crippen molar-refractivity contribution >= 4 is 26.5 Å². The lowest BCUT2D eigenvalue weighted by Crippen LogP contribution is -2.33. The first-order chi connectivity index (χ1) is 8.46. The Hall–Kier alpha value is -0.660. The van der Waals surface area contributed by atoms with Crippen molar-refractivity contribution in [3.63, 3.8) is 0 Å². The number of nitrogens with two attached hydrogens (primary N) is 1. The Labute approximate surface area is 112 Å². The van der Waals surface area contributed by atoms with Gasteiger partial charge in [-0.1, -0.05) is 24.7 Å². The standard InChI is InChI=1S/C11H19N3O2S2/c1-3-4-7-14(9-5-6-9)18(15,16)10-8(2)13-11(12)17-10/h9H,3-7H2,1-2H3,(H2,12,13). The van der Waals surface area contributed by atoms with E-state index in [0.29, 0.717) is 21.6 Å². The van der Waals surface area contributed by atoms with E-state index in [1.165, 1.54) is 0 Å². The summed E-state index contributed by atoms with van der Waals surface area (Å²) in [6.07, 6.45) is 3.82. The molecule has 0 bridgehead atoms. The summed E-state index contributed by atoms with van der Waals surface area (Å²) < 4.78 is 27.1. The first-order valence-corrected chi connectivity index (χ1v) is 8.47. The number of nitrogen functional groups attached to an aromatic ring is 1. The number of thiazole rings is 1. The SMILES string of the molecule is CCCCN(C1CC1)S(=O)(=O)c1sc(N)nc1C. The third-order valence-electron chi connectivity index (χ3n) is 3.00. The molecule has 0 spiro atoms. The molecule has 0 aromatic carbocycles. The maximum absolute atomic E-state index is 12.6. The number of anilines is 1. The lowest BCUT2D eigenvalue weighted by atomic mass is 10.3. The maximum Gasteiger partial charge on any atom is 0.254 e. The highest BCUT2D eigenvalue weighted by Gasteiger charge is 2.39. The van der Waals surface area contributed by atoms with Gasteiger partial charge >= 0.3 is 0 Å². The van der Waals surface area contributed by atoms with E-state index in [9.17, 15) is 8.42 Å². The van der Waals surface area contributed by atoms with E-state index >= 15 is 0 Å². The minimum absolute atomic E-state index is 0.185. The average molecular weight is 289 g/mol. The van der Waals surface area contributed by atoms with Gasteiger partial charge in [-0.2, -0.15) is 4.31 Å². The molecule has 7 heteroatoms. The van der Waals surface area contributed by atoms with Gasteiger partial charge in [-0.25, -0.2) is 13.4 Å². The van der Waals surface area contributed by atoms with Crippen LogP contribution >= 0.6 is 11.3 Å². The number of aryl methyl sites for hydroxylation is 1. The van der Waals surface area contributed by atoms with Crippen LogP contribution in [0.5, 0.6) is 0 Å². The van der Waals surface area contributed by atoms with E-state index in [1.54, 1.807) is 11.2 Å². The van der Waals surface area contributed by atoms with Crippen molar-refractivity contribution in [1.29, 1.82) is 0 Å². The molecule has 5 nitrogen and oxygen atoms in total. The lowest BCUT2D eigenvalue weighted by molar-refractivity contribution is 0.396. The molecule has 1 aromatic heterocycles. The Morgan fingerprint density at radius 2 is 2.17 bits per heavy atom. The van der Waals surface area contributed by atoms with Crippen LogP contribution in [0.3, 0.4) is 0 Å². The Morgan fingerprint density at radius 1 is 1.50 bits per heavy atom. The number of aromatic nitrogens is 1. The second-order valence-corrected chi connectivity index (χ2v) is 7.74. The predicted octanol–water partition coefficient (Wildman–Crippen LogP) is 1.99. The van der Waals surface area contributed by atoms with Gasteiger partial charge in [0.25, 0.3) is 10.0 Å². The van der Waals surface area contributed by atoms with Crippen molar-refractivity contribution in [3.8, 4) is 0 Å². The van der Waals surface area contributed by atoms with Crippen LogP contribution < -0.4 is 5.73 Å². The Balaban J connectivity index is 2.30. The van der Waals surface area contributed by atoms with E-state index in [-0.39, 0.29) is 6.04 Å². The number of hydrogen-bond acceptors (Lipinski definition) is 5. The molecule has 0 saturated heterocycles. The quantitative estimate of drug-likeness (QED) is 0.869. The van der Waals surface area contributed by atoms with Crippen LogP contribution in [0.15, 0.2) is 4.21 Å². The molecular formula is C11H19N3O2S2. The van der Waals surface area contributed by atoms with Crippen LogP contribution in [0.4, 0.5) is 5.13 Å². The van der Waals surface area contributed by atoms with Gasteiger partial charge in [0.1, 0.15) is 0 Å². The van der Waals surface area contributed by atoms with Crippen molar-refractivity contribution in [2.45, 2.75) is 49.8 Å². The molecule has 2 N–H and O–H groups in total. The fraction of sp³-hybridized carbons (Fsp3) is 0.727. The molecule has 0 amide bonds. The zero-order chi connectivity index (χ0) is 13.3. The highest BCUT2D eigenvalue weighted by Crippen LogP contribution is 2.35. The van der Waals surface area contributed by atoms with Gasteiger partial charge in [0.15, 0.2) is 9.34 Å². The molecule has 1 aliphatic rings. The number of unbranched alkanes of at least 4 members (excludes halogenated alkanes) is 1. The molecule has 1 saturated carbocycles. The zero-order valence-corrected chi connectivity index (χ0v) is 12.4. The van der Waals surface area contributed by atoms with Gasteiger partial charge in [0.2, 0.25) is 0 Å². The highest BCUT2D eigenvalue weighted by atomic mass is 32.2. The maximum atomic E-state index is 12.6. The number of sulfonamides is 1. The fourth-order valence-corrected chi connectivity index (χ4v) is 5.06. The van der Waals surface area contributed by atoms with Crippen molar-refractivity contribution < 1.29 is 8.42 Å². The molecule has 1 fully saturated rings. The summed E-state index contributed by atoms with van der Waals surface area (Å²) in [6, 6.07) is 0.185. The third-order valence-corrected chi connectivity index (χ3v) is 6.53. The molecule has 0 unspecified atom stereocenters. The Morgan fingerprint density at radius 3 is 2.61 bits per heavy atom. The van der Waals surface area contributed by atoms with Gasteiger partial charge in [0, 0.05) is 12.6 Å². The van der Waals surface area contributed by atoms with Crippen LogP contribution in [0, 0.1) is 6.92 Å². The number of nitrogens with zero attached hydrogens (tertiary/aromatic N) is 2. The van der Waals surface area contributed by atoms with Gasteiger partial charge in [-0.15, -0.1) is 0 Å². The van der Waals surface area contributed by atoms with Crippen molar-refractivity contribution in [2.24, 2.45) is 0 Å². The smallest absolute Gasteiger partial charge is 0.254 e. The zero-order valence-electron chi connectivity index (χ0n) is 10.7. The van der Waals surface area contributed by atoms with Crippen LogP contribution in [0.25, 0.3) is 0 Å². The van der Waals surface area contributed by atoms with Crippen molar-refractivity contribution in [2.75, 3.05) is 12.3 Å². The van der Waals surface area contributed by atoms with Crippen LogP contribution in [0.1, 0.15) is 38.3 Å². The molecule has 18 heavy (non-hydrogen) atoms. The van der Waals surface area contributed by atoms with Crippen LogP contribution in [0.2, 0.25) is 0 Å².